The summed E-state index contributed by atoms with van der Waals surface area (Å²) in [6.07, 6.45) is 3.06. The van der Waals surface area contributed by atoms with E-state index in [0.29, 0.717) is 28.3 Å². The number of para-hydroxylation sites is 2. The van der Waals surface area contributed by atoms with Crippen molar-refractivity contribution >= 4 is 33.3 Å². The van der Waals surface area contributed by atoms with Crippen LogP contribution in [0.2, 0.25) is 0 Å². The van der Waals surface area contributed by atoms with Crippen LogP contribution in [0.3, 0.4) is 0 Å². The molecule has 2 aromatic heterocycles. The van der Waals surface area contributed by atoms with Gasteiger partial charge < -0.3 is 9.84 Å². The number of aliphatic hydroxyl groups is 1. The van der Waals surface area contributed by atoms with Crippen LogP contribution in [-0.4, -0.2) is 34.1 Å². The zero-order valence-electron chi connectivity index (χ0n) is 15.4. The Hall–Kier alpha value is -1.83. The van der Waals surface area contributed by atoms with E-state index >= 15 is 0 Å². The van der Waals surface area contributed by atoms with Crippen LogP contribution in [0.25, 0.3) is 15.9 Å². The second kappa shape index (κ2) is 7.66. The van der Waals surface area contributed by atoms with Gasteiger partial charge in [0.25, 0.3) is 5.56 Å². The molecule has 5 nitrogen and oxygen atoms in total. The fourth-order valence-electron chi connectivity index (χ4n) is 3.63. The van der Waals surface area contributed by atoms with Crippen molar-refractivity contribution in [3.8, 4) is 11.4 Å². The lowest BCUT2D eigenvalue weighted by Crippen LogP contribution is -2.23. The van der Waals surface area contributed by atoms with Crippen molar-refractivity contribution in [3.63, 3.8) is 0 Å². The van der Waals surface area contributed by atoms with Gasteiger partial charge in [0.1, 0.15) is 10.6 Å². The molecule has 1 atom stereocenters. The van der Waals surface area contributed by atoms with Gasteiger partial charge in [-0.05, 0) is 42.9 Å². The number of aliphatic hydroxyl groups excluding tert-OH is 1. The predicted molar refractivity (Wildman–Crippen MR) is 111 cm³/mol. The second-order valence-corrected chi connectivity index (χ2v) is 8.96. The maximum atomic E-state index is 13.6. The van der Waals surface area contributed by atoms with Crippen LogP contribution in [0.4, 0.5) is 0 Å². The van der Waals surface area contributed by atoms with E-state index in [1.807, 2.05) is 24.3 Å². The summed E-state index contributed by atoms with van der Waals surface area (Å²) >= 11 is 3.04. The Kier molecular flexibility index (Phi) is 5.25. The van der Waals surface area contributed by atoms with E-state index in [1.165, 1.54) is 22.2 Å². The lowest BCUT2D eigenvalue weighted by molar-refractivity contribution is 0.322. The summed E-state index contributed by atoms with van der Waals surface area (Å²) in [7, 11) is 1.60. The fraction of sp³-hybridized carbons (Fsp3) is 0.400. The van der Waals surface area contributed by atoms with Crippen molar-refractivity contribution in [2.45, 2.75) is 31.3 Å². The Labute approximate surface area is 166 Å². The van der Waals surface area contributed by atoms with Gasteiger partial charge in [0.05, 0.1) is 24.8 Å². The molecule has 0 bridgehead atoms. The Morgan fingerprint density at radius 1 is 1.41 bits per heavy atom. The van der Waals surface area contributed by atoms with E-state index in [2.05, 4.69) is 6.92 Å². The molecule has 0 saturated heterocycles. The van der Waals surface area contributed by atoms with Gasteiger partial charge in [-0.25, -0.2) is 4.98 Å². The van der Waals surface area contributed by atoms with Crippen molar-refractivity contribution in [1.82, 2.24) is 9.55 Å². The number of nitrogens with zero attached hydrogens (tertiary/aromatic N) is 2. The fourth-order valence-corrected chi connectivity index (χ4v) is 5.80. The number of benzene rings is 1. The summed E-state index contributed by atoms with van der Waals surface area (Å²) in [5, 5.41) is 10.6. The van der Waals surface area contributed by atoms with Gasteiger partial charge in [-0.1, -0.05) is 30.8 Å². The van der Waals surface area contributed by atoms with Crippen LogP contribution in [0, 0.1) is 5.92 Å². The number of thioether (sulfide) groups is 1. The molecule has 0 aliphatic heterocycles. The highest BCUT2D eigenvalue weighted by Gasteiger charge is 2.25. The zero-order chi connectivity index (χ0) is 19.0. The van der Waals surface area contributed by atoms with Gasteiger partial charge in [-0.15, -0.1) is 11.3 Å². The topological polar surface area (TPSA) is 64.3 Å². The summed E-state index contributed by atoms with van der Waals surface area (Å²) in [5.41, 5.74) is 1.81. The number of aromatic nitrogens is 2. The van der Waals surface area contributed by atoms with Crippen LogP contribution in [0.5, 0.6) is 5.75 Å². The largest absolute Gasteiger partial charge is 0.495 e. The molecule has 27 heavy (non-hydrogen) atoms. The minimum atomic E-state index is -0.0445. The monoisotopic (exact) mass is 402 g/mol. The zero-order valence-corrected chi connectivity index (χ0v) is 17.0. The minimum absolute atomic E-state index is 0.0307. The van der Waals surface area contributed by atoms with E-state index < -0.39 is 0 Å². The Balaban J connectivity index is 2.00. The first-order chi connectivity index (χ1) is 13.1. The second-order valence-electron chi connectivity index (χ2n) is 6.81. The molecule has 0 unspecified atom stereocenters. The molecule has 1 aliphatic rings. The highest BCUT2D eigenvalue weighted by atomic mass is 32.2. The van der Waals surface area contributed by atoms with Crippen molar-refractivity contribution in [3.05, 3.63) is 45.1 Å². The van der Waals surface area contributed by atoms with Gasteiger partial charge in [0.15, 0.2) is 5.16 Å². The third kappa shape index (κ3) is 3.28. The van der Waals surface area contributed by atoms with Gasteiger partial charge in [0.2, 0.25) is 0 Å². The molecular weight excluding hydrogens is 380 g/mol. The molecule has 3 aromatic rings. The van der Waals surface area contributed by atoms with E-state index in [1.54, 1.807) is 23.0 Å². The number of hydrogen-bond donors (Lipinski definition) is 1. The smallest absolute Gasteiger partial charge is 0.267 e. The first kappa shape index (κ1) is 18.5. The van der Waals surface area contributed by atoms with E-state index in [0.717, 1.165) is 29.5 Å². The van der Waals surface area contributed by atoms with Crippen molar-refractivity contribution in [1.29, 1.82) is 0 Å². The summed E-state index contributed by atoms with van der Waals surface area (Å²) < 4.78 is 7.14. The molecule has 0 radical (unpaired) electrons. The van der Waals surface area contributed by atoms with Crippen molar-refractivity contribution in [2.24, 2.45) is 5.92 Å². The molecule has 4 rings (SSSR count). The maximum absolute atomic E-state index is 13.6. The Bertz CT molecular complexity index is 1040. The molecule has 142 valence electrons. The summed E-state index contributed by atoms with van der Waals surface area (Å²) in [4.78, 5) is 20.5. The van der Waals surface area contributed by atoms with Gasteiger partial charge in [0, 0.05) is 10.6 Å². The maximum Gasteiger partial charge on any atom is 0.267 e. The standard InChI is InChI=1S/C20H22N2O3S2/c1-12-7-8-13-16(11-12)27-18-17(13)19(24)22(20(21-18)26-10-9-23)14-5-3-4-6-15(14)25-2/h3-6,12,23H,7-11H2,1-2H3/t12-/m0/s1. The highest BCUT2D eigenvalue weighted by molar-refractivity contribution is 7.99. The van der Waals surface area contributed by atoms with Gasteiger partial charge >= 0.3 is 0 Å². The van der Waals surface area contributed by atoms with Gasteiger partial charge in [-0.3, -0.25) is 9.36 Å². The first-order valence-electron chi connectivity index (χ1n) is 9.08. The normalized spacial score (nSPS) is 16.5. The molecule has 1 aromatic carbocycles. The van der Waals surface area contributed by atoms with E-state index in [4.69, 9.17) is 9.72 Å². The number of fused-ring (bicyclic) bond motifs is 3. The lowest BCUT2D eigenvalue weighted by atomic mass is 9.89. The molecule has 7 heteroatoms. The lowest BCUT2D eigenvalue weighted by Gasteiger charge is -2.18. The van der Waals surface area contributed by atoms with Crippen molar-refractivity contribution in [2.75, 3.05) is 19.5 Å². The minimum Gasteiger partial charge on any atom is -0.495 e. The SMILES string of the molecule is COc1ccccc1-n1c(SCCO)nc2sc3c(c2c1=O)CC[C@H](C)C3. The van der Waals surface area contributed by atoms with Crippen LogP contribution in [0.1, 0.15) is 23.8 Å². The highest BCUT2D eigenvalue weighted by Crippen LogP contribution is 2.37. The molecule has 2 heterocycles. The summed E-state index contributed by atoms with van der Waals surface area (Å²) in [6.45, 7) is 2.29. The first-order valence-corrected chi connectivity index (χ1v) is 10.9. The van der Waals surface area contributed by atoms with Gasteiger partial charge in [-0.2, -0.15) is 0 Å². The molecule has 0 saturated carbocycles. The van der Waals surface area contributed by atoms with Crippen LogP contribution < -0.4 is 10.3 Å². The third-order valence-corrected chi connectivity index (χ3v) is 7.01. The van der Waals surface area contributed by atoms with Crippen LogP contribution in [0.15, 0.2) is 34.2 Å². The predicted octanol–water partition coefficient (Wildman–Crippen LogP) is 3.67. The molecule has 0 amide bonds. The number of thiophene rings is 1. The van der Waals surface area contributed by atoms with E-state index in [-0.39, 0.29) is 12.2 Å². The molecule has 1 N–H and O–H groups in total. The van der Waals surface area contributed by atoms with Crippen molar-refractivity contribution < 1.29 is 9.84 Å². The van der Waals surface area contributed by atoms with Crippen LogP contribution >= 0.6 is 23.1 Å². The van der Waals surface area contributed by atoms with Crippen LogP contribution in [-0.2, 0) is 12.8 Å². The number of methoxy groups -OCH3 is 1. The number of ether oxygens (including phenoxy) is 1. The Morgan fingerprint density at radius 3 is 3.00 bits per heavy atom. The Morgan fingerprint density at radius 2 is 2.22 bits per heavy atom. The number of aryl methyl sites for hydroxylation is 1. The third-order valence-electron chi connectivity index (χ3n) is 4.95. The molecular formula is C20H22N2O3S2. The van der Waals surface area contributed by atoms with E-state index in [9.17, 15) is 9.90 Å². The molecule has 0 spiro atoms. The quantitative estimate of drug-likeness (QED) is 0.521. The molecule has 1 aliphatic carbocycles. The summed E-state index contributed by atoms with van der Waals surface area (Å²) in [6, 6.07) is 7.49. The average molecular weight is 403 g/mol. The molecule has 0 fully saturated rings. The average Bonchev–Trinajstić information content (AvgIpc) is 3.03. The summed E-state index contributed by atoms with van der Waals surface area (Å²) in [5.74, 6) is 1.75. The number of rotatable bonds is 5. The number of hydrogen-bond acceptors (Lipinski definition) is 6.